The average molecular weight is 375 g/mol. The third kappa shape index (κ3) is 5.44. The van der Waals surface area contributed by atoms with Crippen molar-refractivity contribution in [1.82, 2.24) is 15.1 Å². The number of rotatable bonds is 5. The SMILES string of the molecule is CN=C(NCC(C)(C)c1cccc(F)c1)N1CCC(CN2CCCCC2)C1. The minimum absolute atomic E-state index is 0.162. The Kier molecular flexibility index (Phi) is 6.74. The van der Waals surface area contributed by atoms with Crippen LogP contribution >= 0.6 is 0 Å². The Hall–Kier alpha value is -1.62. The van der Waals surface area contributed by atoms with Crippen LogP contribution in [0.25, 0.3) is 0 Å². The summed E-state index contributed by atoms with van der Waals surface area (Å²) in [6, 6.07) is 6.92. The van der Waals surface area contributed by atoms with Crippen LogP contribution in [0.2, 0.25) is 0 Å². The smallest absolute Gasteiger partial charge is 0.193 e. The molecule has 0 aromatic heterocycles. The van der Waals surface area contributed by atoms with E-state index in [0.717, 1.165) is 37.1 Å². The molecule has 1 N–H and O–H groups in total. The standard InChI is InChI=1S/C22H35FN4/c1-22(2,19-8-7-9-20(23)14-19)17-25-21(24-3)27-13-10-18(16-27)15-26-11-5-4-6-12-26/h7-9,14,18H,4-6,10-13,15-17H2,1-3H3,(H,24,25). The zero-order valence-electron chi connectivity index (χ0n) is 17.2. The van der Waals surface area contributed by atoms with E-state index in [1.807, 2.05) is 13.1 Å². The summed E-state index contributed by atoms with van der Waals surface area (Å²) in [5, 5.41) is 3.53. The maximum Gasteiger partial charge on any atom is 0.193 e. The van der Waals surface area contributed by atoms with Crippen molar-refractivity contribution in [3.8, 4) is 0 Å². The highest BCUT2D eigenvalue weighted by Gasteiger charge is 2.28. The number of guanidine groups is 1. The molecule has 0 aliphatic carbocycles. The molecule has 0 radical (unpaired) electrons. The molecule has 27 heavy (non-hydrogen) atoms. The third-order valence-electron chi connectivity index (χ3n) is 6.06. The predicted octanol–water partition coefficient (Wildman–Crippen LogP) is 3.49. The van der Waals surface area contributed by atoms with E-state index in [1.165, 1.54) is 51.4 Å². The van der Waals surface area contributed by atoms with Crippen LogP contribution in [0.4, 0.5) is 4.39 Å². The van der Waals surface area contributed by atoms with Gasteiger partial charge in [0.15, 0.2) is 5.96 Å². The quantitative estimate of drug-likeness (QED) is 0.632. The van der Waals surface area contributed by atoms with Crippen molar-refractivity contribution >= 4 is 5.96 Å². The minimum Gasteiger partial charge on any atom is -0.355 e. The molecule has 5 heteroatoms. The van der Waals surface area contributed by atoms with Gasteiger partial charge in [0.05, 0.1) is 0 Å². The van der Waals surface area contributed by atoms with Crippen molar-refractivity contribution in [2.45, 2.75) is 44.9 Å². The molecule has 2 saturated heterocycles. The molecule has 3 rings (SSSR count). The van der Waals surface area contributed by atoms with E-state index in [-0.39, 0.29) is 11.2 Å². The number of likely N-dealkylation sites (tertiary alicyclic amines) is 2. The summed E-state index contributed by atoms with van der Waals surface area (Å²) in [7, 11) is 1.86. The molecule has 1 unspecified atom stereocenters. The maximum absolute atomic E-state index is 13.6. The van der Waals surface area contributed by atoms with Crippen LogP contribution in [0, 0.1) is 11.7 Å². The van der Waals surface area contributed by atoms with Gasteiger partial charge in [-0.15, -0.1) is 0 Å². The molecule has 0 saturated carbocycles. The Morgan fingerprint density at radius 2 is 2.00 bits per heavy atom. The molecule has 0 bridgehead atoms. The summed E-state index contributed by atoms with van der Waals surface area (Å²) >= 11 is 0. The molecular weight excluding hydrogens is 339 g/mol. The summed E-state index contributed by atoms with van der Waals surface area (Å²) in [6.07, 6.45) is 5.35. The second-order valence-electron chi connectivity index (χ2n) is 8.76. The lowest BCUT2D eigenvalue weighted by molar-refractivity contribution is 0.198. The number of aliphatic imine (C=N–C) groups is 1. The highest BCUT2D eigenvalue weighted by molar-refractivity contribution is 5.80. The van der Waals surface area contributed by atoms with Crippen molar-refractivity contribution in [2.75, 3.05) is 46.3 Å². The fourth-order valence-corrected chi connectivity index (χ4v) is 4.32. The van der Waals surface area contributed by atoms with Gasteiger partial charge in [-0.25, -0.2) is 4.39 Å². The maximum atomic E-state index is 13.6. The van der Waals surface area contributed by atoms with Crippen LogP contribution in [-0.4, -0.2) is 62.1 Å². The fraction of sp³-hybridized carbons (Fsp3) is 0.682. The average Bonchev–Trinajstić information content (AvgIpc) is 3.11. The van der Waals surface area contributed by atoms with Crippen molar-refractivity contribution in [3.05, 3.63) is 35.6 Å². The molecule has 150 valence electrons. The zero-order valence-corrected chi connectivity index (χ0v) is 17.2. The third-order valence-corrected chi connectivity index (χ3v) is 6.06. The molecule has 1 aromatic carbocycles. The number of benzene rings is 1. The van der Waals surface area contributed by atoms with E-state index < -0.39 is 0 Å². The number of halogens is 1. The van der Waals surface area contributed by atoms with Gasteiger partial charge < -0.3 is 15.1 Å². The zero-order chi connectivity index (χ0) is 19.3. The van der Waals surface area contributed by atoms with Crippen molar-refractivity contribution in [3.63, 3.8) is 0 Å². The number of hydrogen-bond donors (Lipinski definition) is 1. The predicted molar refractivity (Wildman–Crippen MR) is 111 cm³/mol. The first kappa shape index (κ1) is 20.1. The van der Waals surface area contributed by atoms with Crippen molar-refractivity contribution in [1.29, 1.82) is 0 Å². The van der Waals surface area contributed by atoms with Gasteiger partial charge in [-0.1, -0.05) is 32.4 Å². The van der Waals surface area contributed by atoms with Gasteiger partial charge in [0.1, 0.15) is 5.82 Å². The lowest BCUT2D eigenvalue weighted by Gasteiger charge is -2.30. The largest absolute Gasteiger partial charge is 0.355 e. The molecule has 1 atom stereocenters. The van der Waals surface area contributed by atoms with Crippen LogP contribution in [0.5, 0.6) is 0 Å². The number of nitrogens with zero attached hydrogens (tertiary/aromatic N) is 3. The molecular formula is C22H35FN4. The van der Waals surface area contributed by atoms with E-state index in [0.29, 0.717) is 0 Å². The molecule has 0 spiro atoms. The topological polar surface area (TPSA) is 30.9 Å². The van der Waals surface area contributed by atoms with Crippen molar-refractivity contribution < 1.29 is 4.39 Å². The Morgan fingerprint density at radius 3 is 2.70 bits per heavy atom. The molecule has 2 fully saturated rings. The van der Waals surface area contributed by atoms with Gasteiger partial charge in [0, 0.05) is 38.6 Å². The van der Waals surface area contributed by atoms with E-state index >= 15 is 0 Å². The lowest BCUT2D eigenvalue weighted by Crippen LogP contribution is -2.45. The molecule has 2 aliphatic rings. The number of nitrogens with one attached hydrogen (secondary N) is 1. The van der Waals surface area contributed by atoms with Gasteiger partial charge in [0.25, 0.3) is 0 Å². The van der Waals surface area contributed by atoms with Crippen LogP contribution in [-0.2, 0) is 5.41 Å². The Labute approximate surface area is 163 Å². The van der Waals surface area contributed by atoms with Gasteiger partial charge in [-0.2, -0.15) is 0 Å². The van der Waals surface area contributed by atoms with Crippen molar-refractivity contribution in [2.24, 2.45) is 10.9 Å². The summed E-state index contributed by atoms with van der Waals surface area (Å²) < 4.78 is 13.6. The second kappa shape index (κ2) is 9.05. The monoisotopic (exact) mass is 374 g/mol. The summed E-state index contributed by atoms with van der Waals surface area (Å²) in [5.41, 5.74) is 0.847. The highest BCUT2D eigenvalue weighted by atomic mass is 19.1. The van der Waals surface area contributed by atoms with Crippen LogP contribution in [0.15, 0.2) is 29.3 Å². The number of piperidine rings is 1. The van der Waals surface area contributed by atoms with Crippen LogP contribution in [0.1, 0.15) is 45.1 Å². The van der Waals surface area contributed by atoms with E-state index in [9.17, 15) is 4.39 Å². The van der Waals surface area contributed by atoms with Crippen LogP contribution in [0.3, 0.4) is 0 Å². The minimum atomic E-state index is -0.176. The molecule has 2 heterocycles. The summed E-state index contributed by atoms with van der Waals surface area (Å²) in [4.78, 5) is 9.53. The summed E-state index contributed by atoms with van der Waals surface area (Å²) in [5.74, 6) is 1.53. The summed E-state index contributed by atoms with van der Waals surface area (Å²) in [6.45, 7) is 10.9. The first-order valence-electron chi connectivity index (χ1n) is 10.4. The molecule has 4 nitrogen and oxygen atoms in total. The van der Waals surface area contributed by atoms with Crippen LogP contribution < -0.4 is 5.32 Å². The first-order valence-corrected chi connectivity index (χ1v) is 10.4. The fourth-order valence-electron chi connectivity index (χ4n) is 4.32. The molecule has 2 aliphatic heterocycles. The van der Waals surface area contributed by atoms with E-state index in [1.54, 1.807) is 12.1 Å². The molecule has 0 amide bonds. The van der Waals surface area contributed by atoms with Gasteiger partial charge >= 0.3 is 0 Å². The second-order valence-corrected chi connectivity index (χ2v) is 8.76. The lowest BCUT2D eigenvalue weighted by atomic mass is 9.84. The van der Waals surface area contributed by atoms with Gasteiger partial charge in [-0.05, 0) is 56.0 Å². The van der Waals surface area contributed by atoms with Gasteiger partial charge in [-0.3, -0.25) is 4.99 Å². The van der Waals surface area contributed by atoms with E-state index in [4.69, 9.17) is 0 Å². The Bertz CT molecular complexity index is 637. The van der Waals surface area contributed by atoms with Gasteiger partial charge in [0.2, 0.25) is 0 Å². The Morgan fingerprint density at radius 1 is 1.22 bits per heavy atom. The van der Waals surface area contributed by atoms with E-state index in [2.05, 4.69) is 34.0 Å². The Balaban J connectivity index is 1.51. The number of hydrogen-bond acceptors (Lipinski definition) is 2. The first-order chi connectivity index (χ1) is 13.0. The normalized spacial score (nSPS) is 22.3. The molecule has 1 aromatic rings. The highest BCUT2D eigenvalue weighted by Crippen LogP contribution is 2.24.